The van der Waals surface area contributed by atoms with Crippen LogP contribution in [-0.4, -0.2) is 15.7 Å². The number of hydrogen-bond donors (Lipinski definition) is 2. The molecule has 0 atom stereocenters. The minimum Gasteiger partial charge on any atom is -0.341 e. The zero-order valence-electron chi connectivity index (χ0n) is 13.6. The Labute approximate surface area is 167 Å². The normalized spacial score (nSPS) is 10.8. The van der Waals surface area contributed by atoms with E-state index >= 15 is 0 Å². The number of nitro groups is 1. The van der Waals surface area contributed by atoms with Gasteiger partial charge in [-0.2, -0.15) is 0 Å². The van der Waals surface area contributed by atoms with E-state index in [2.05, 4.69) is 10.3 Å². The molecule has 0 unspecified atom stereocenters. The monoisotopic (exact) mass is 425 g/mol. The predicted molar refractivity (Wildman–Crippen MR) is 106 cm³/mol. The first-order valence-corrected chi connectivity index (χ1v) is 8.59. The molecular weight excluding hydrogens is 417 g/mol. The molecule has 3 aromatic rings. The number of carbonyl (C=O) groups is 1. The lowest BCUT2D eigenvalue weighted by molar-refractivity contribution is -0.383. The lowest BCUT2D eigenvalue weighted by Crippen LogP contribution is -2.18. The van der Waals surface area contributed by atoms with Crippen LogP contribution >= 0.6 is 34.8 Å². The highest BCUT2D eigenvalue weighted by Gasteiger charge is 2.24. The summed E-state index contributed by atoms with van der Waals surface area (Å²) in [4.78, 5) is 38.4. The van der Waals surface area contributed by atoms with Crippen LogP contribution in [0.3, 0.4) is 0 Å². The summed E-state index contributed by atoms with van der Waals surface area (Å²) in [5, 5.41) is 14.7. The van der Waals surface area contributed by atoms with Crippen LogP contribution in [0.2, 0.25) is 15.1 Å². The number of aromatic nitrogens is 1. The molecule has 3 rings (SSSR count). The Morgan fingerprint density at radius 2 is 1.78 bits per heavy atom. The molecule has 0 fully saturated rings. The molecule has 0 aliphatic heterocycles. The first-order chi connectivity index (χ1) is 12.7. The molecule has 27 heavy (non-hydrogen) atoms. The van der Waals surface area contributed by atoms with Gasteiger partial charge in [0.25, 0.3) is 5.69 Å². The van der Waals surface area contributed by atoms with Crippen LogP contribution in [0.1, 0.15) is 17.3 Å². The van der Waals surface area contributed by atoms with Gasteiger partial charge in [-0.15, -0.1) is 0 Å². The van der Waals surface area contributed by atoms with E-state index in [1.807, 2.05) is 0 Å². The SMILES string of the molecule is CC(=O)c1c(Nc2cc(Cl)cc(Cl)c2)[nH]c2c(Cl)ccc([N+](=O)[O-])c2c1=O. The number of hydrogen-bond acceptors (Lipinski definition) is 5. The van der Waals surface area contributed by atoms with Gasteiger partial charge in [0.15, 0.2) is 5.78 Å². The quantitative estimate of drug-likeness (QED) is 0.333. The van der Waals surface area contributed by atoms with Crippen molar-refractivity contribution in [1.82, 2.24) is 4.98 Å². The second kappa shape index (κ2) is 7.19. The van der Waals surface area contributed by atoms with Crippen molar-refractivity contribution in [3.63, 3.8) is 0 Å². The van der Waals surface area contributed by atoms with Crippen molar-refractivity contribution in [2.45, 2.75) is 6.92 Å². The number of non-ortho nitro benzene ring substituents is 1. The molecule has 0 radical (unpaired) electrons. The minimum atomic E-state index is -0.805. The number of ketones is 1. The van der Waals surface area contributed by atoms with Gasteiger partial charge in [-0.1, -0.05) is 34.8 Å². The predicted octanol–water partition coefficient (Wildman–Crippen LogP) is 5.34. The van der Waals surface area contributed by atoms with Crippen molar-refractivity contribution in [1.29, 1.82) is 0 Å². The number of pyridine rings is 1. The molecule has 1 aromatic heterocycles. The second-order valence-electron chi connectivity index (χ2n) is 5.62. The summed E-state index contributed by atoms with van der Waals surface area (Å²) >= 11 is 18.0. The number of anilines is 2. The molecule has 138 valence electrons. The molecule has 2 N–H and O–H groups in total. The Morgan fingerprint density at radius 3 is 2.33 bits per heavy atom. The maximum absolute atomic E-state index is 12.9. The second-order valence-corrected chi connectivity index (χ2v) is 6.90. The van der Waals surface area contributed by atoms with Crippen molar-refractivity contribution < 1.29 is 9.72 Å². The fraction of sp³-hybridized carbons (Fsp3) is 0.0588. The van der Waals surface area contributed by atoms with Gasteiger partial charge in [-0.3, -0.25) is 19.7 Å². The van der Waals surface area contributed by atoms with Gasteiger partial charge in [0.2, 0.25) is 5.43 Å². The third kappa shape index (κ3) is 3.62. The first-order valence-electron chi connectivity index (χ1n) is 7.46. The maximum atomic E-state index is 12.9. The highest BCUT2D eigenvalue weighted by Crippen LogP contribution is 2.31. The summed E-state index contributed by atoms with van der Waals surface area (Å²) in [6, 6.07) is 7.01. The Hall–Kier alpha value is -2.61. The highest BCUT2D eigenvalue weighted by molar-refractivity contribution is 6.36. The largest absolute Gasteiger partial charge is 0.341 e. The zero-order chi connectivity index (χ0) is 19.9. The van der Waals surface area contributed by atoms with Crippen LogP contribution < -0.4 is 10.7 Å². The molecule has 0 saturated carbocycles. The molecule has 0 spiro atoms. The molecule has 0 aliphatic rings. The van der Waals surface area contributed by atoms with Gasteiger partial charge < -0.3 is 10.3 Å². The van der Waals surface area contributed by atoms with Gasteiger partial charge in [-0.25, -0.2) is 0 Å². The summed E-state index contributed by atoms with van der Waals surface area (Å²) in [6.45, 7) is 1.18. The first kappa shape index (κ1) is 19.2. The van der Waals surface area contributed by atoms with Crippen molar-refractivity contribution >= 4 is 68.7 Å². The van der Waals surface area contributed by atoms with E-state index in [4.69, 9.17) is 34.8 Å². The van der Waals surface area contributed by atoms with Gasteiger partial charge in [0.05, 0.1) is 15.5 Å². The van der Waals surface area contributed by atoms with Crippen LogP contribution in [-0.2, 0) is 0 Å². The third-order valence-corrected chi connectivity index (χ3v) is 4.52. The molecule has 10 heteroatoms. The summed E-state index contributed by atoms with van der Waals surface area (Å²) in [5.41, 5.74) is -1.08. The number of fused-ring (bicyclic) bond motifs is 1. The van der Waals surface area contributed by atoms with Crippen LogP contribution in [0.4, 0.5) is 17.2 Å². The fourth-order valence-corrected chi connectivity index (χ4v) is 3.43. The molecule has 2 aromatic carbocycles. The molecular formula is C17H10Cl3N3O4. The van der Waals surface area contributed by atoms with E-state index in [1.54, 1.807) is 0 Å². The lowest BCUT2D eigenvalue weighted by atomic mass is 10.1. The highest BCUT2D eigenvalue weighted by atomic mass is 35.5. The summed E-state index contributed by atoms with van der Waals surface area (Å²) < 4.78 is 0. The Bertz CT molecular complexity index is 1150. The topological polar surface area (TPSA) is 105 Å². The zero-order valence-corrected chi connectivity index (χ0v) is 15.9. The van der Waals surface area contributed by atoms with Crippen LogP contribution in [0.5, 0.6) is 0 Å². The molecule has 0 bridgehead atoms. The van der Waals surface area contributed by atoms with E-state index in [1.165, 1.54) is 31.2 Å². The Kier molecular flexibility index (Phi) is 5.10. The van der Waals surface area contributed by atoms with E-state index in [0.29, 0.717) is 15.7 Å². The standard InChI is InChI=1S/C17H10Cl3N3O4/c1-7(24)13-16(25)14-12(23(26)27)3-2-11(20)15(14)22-17(13)21-10-5-8(18)4-9(19)6-10/h2-6H,1H3,(H2,21,22,25). The molecule has 0 aliphatic carbocycles. The van der Waals surface area contributed by atoms with Gasteiger partial charge in [0, 0.05) is 21.8 Å². The van der Waals surface area contributed by atoms with Crippen molar-refractivity contribution in [3.8, 4) is 0 Å². The van der Waals surface area contributed by atoms with Crippen LogP contribution in [0, 0.1) is 10.1 Å². The van der Waals surface area contributed by atoms with Gasteiger partial charge >= 0.3 is 0 Å². The third-order valence-electron chi connectivity index (χ3n) is 3.77. The smallest absolute Gasteiger partial charge is 0.282 e. The van der Waals surface area contributed by atoms with Gasteiger partial charge in [0.1, 0.15) is 16.8 Å². The Morgan fingerprint density at radius 1 is 1.15 bits per heavy atom. The summed E-state index contributed by atoms with van der Waals surface area (Å²) in [6.07, 6.45) is 0. The number of nitrogens with one attached hydrogen (secondary N) is 2. The summed E-state index contributed by atoms with van der Waals surface area (Å²) in [7, 11) is 0. The van der Waals surface area contributed by atoms with Crippen LogP contribution in [0.15, 0.2) is 35.1 Å². The van der Waals surface area contributed by atoms with Crippen LogP contribution in [0.25, 0.3) is 10.9 Å². The molecule has 0 saturated heterocycles. The number of rotatable bonds is 4. The van der Waals surface area contributed by atoms with Gasteiger partial charge in [-0.05, 0) is 31.2 Å². The van der Waals surface area contributed by atoms with E-state index in [9.17, 15) is 19.7 Å². The lowest BCUT2D eigenvalue weighted by Gasteiger charge is -2.13. The van der Waals surface area contributed by atoms with Crippen molar-refractivity contribution in [2.75, 3.05) is 5.32 Å². The van der Waals surface area contributed by atoms with E-state index in [-0.39, 0.29) is 27.3 Å². The average molecular weight is 427 g/mol. The number of Topliss-reactive ketones (excluding diaryl/α,β-unsaturated/α-hetero) is 1. The number of nitrogens with zero attached hydrogens (tertiary/aromatic N) is 1. The van der Waals surface area contributed by atoms with Crippen molar-refractivity contribution in [2.24, 2.45) is 0 Å². The fourth-order valence-electron chi connectivity index (χ4n) is 2.70. The number of nitro benzene ring substituents is 1. The molecule has 7 nitrogen and oxygen atoms in total. The average Bonchev–Trinajstić information content (AvgIpc) is 2.54. The number of aromatic amines is 1. The number of halogens is 3. The number of benzene rings is 2. The summed E-state index contributed by atoms with van der Waals surface area (Å²) in [5.74, 6) is -0.552. The number of carbonyl (C=O) groups excluding carboxylic acids is 1. The minimum absolute atomic E-state index is 0.0285. The molecule has 1 heterocycles. The van der Waals surface area contributed by atoms with E-state index in [0.717, 1.165) is 6.07 Å². The maximum Gasteiger partial charge on any atom is 0.282 e. The Balaban J connectivity index is 2.34. The number of H-pyrrole nitrogens is 1. The molecule has 0 amide bonds. The van der Waals surface area contributed by atoms with Crippen molar-refractivity contribution in [3.05, 3.63) is 71.3 Å². The van der Waals surface area contributed by atoms with E-state index < -0.39 is 21.8 Å².